The van der Waals surface area contributed by atoms with Gasteiger partial charge in [-0.25, -0.2) is 0 Å². The molecule has 2 rings (SSSR count). The first-order chi connectivity index (χ1) is 6.84. The number of rotatable bonds is 4. The summed E-state index contributed by atoms with van der Waals surface area (Å²) in [5, 5.41) is 0. The van der Waals surface area contributed by atoms with Gasteiger partial charge in [-0.1, -0.05) is 24.3 Å². The molecule has 0 aromatic carbocycles. The Bertz CT molecular complexity index is 302. The third-order valence-electron chi connectivity index (χ3n) is 2.24. The first-order valence-corrected chi connectivity index (χ1v) is 4.89. The predicted octanol–water partition coefficient (Wildman–Crippen LogP) is 3.05. The molecule has 2 aliphatic carbocycles. The van der Waals surface area contributed by atoms with Crippen LogP contribution in [0.25, 0.3) is 0 Å². The second-order valence-electron chi connectivity index (χ2n) is 3.42. The number of hydrogen-bond donors (Lipinski definition) is 0. The largest absolute Gasteiger partial charge is 0.462 e. The van der Waals surface area contributed by atoms with Crippen LogP contribution < -0.4 is 0 Å². The van der Waals surface area contributed by atoms with E-state index in [4.69, 9.17) is 9.47 Å². The van der Waals surface area contributed by atoms with Gasteiger partial charge in [0.1, 0.15) is 11.9 Å². The van der Waals surface area contributed by atoms with Crippen LogP contribution in [0.3, 0.4) is 0 Å². The lowest BCUT2D eigenvalue weighted by atomic mass is 10.3. The summed E-state index contributed by atoms with van der Waals surface area (Å²) >= 11 is 0. The van der Waals surface area contributed by atoms with Crippen LogP contribution in [0.2, 0.25) is 0 Å². The predicted molar refractivity (Wildman–Crippen MR) is 55.3 cm³/mol. The molecule has 0 atom stereocenters. The van der Waals surface area contributed by atoms with Crippen molar-refractivity contribution in [1.29, 1.82) is 0 Å². The van der Waals surface area contributed by atoms with Crippen molar-refractivity contribution in [1.82, 2.24) is 0 Å². The summed E-state index contributed by atoms with van der Waals surface area (Å²) in [6.45, 7) is 3.74. The molecule has 0 amide bonds. The lowest BCUT2D eigenvalue weighted by Gasteiger charge is -2.15. The molecule has 0 aromatic rings. The van der Waals surface area contributed by atoms with Gasteiger partial charge in [0.05, 0.1) is 0 Å². The summed E-state index contributed by atoms with van der Waals surface area (Å²) in [6.07, 6.45) is 13.2. The summed E-state index contributed by atoms with van der Waals surface area (Å²) in [7, 11) is 0. The molecule has 2 heteroatoms. The molecule has 0 unspecified atom stereocenters. The fourth-order valence-corrected chi connectivity index (χ4v) is 1.55. The van der Waals surface area contributed by atoms with E-state index in [0.717, 1.165) is 25.0 Å². The molecule has 14 heavy (non-hydrogen) atoms. The average molecular weight is 190 g/mol. The van der Waals surface area contributed by atoms with E-state index in [1.807, 2.05) is 18.2 Å². The van der Waals surface area contributed by atoms with Crippen LogP contribution in [0.1, 0.15) is 19.3 Å². The Labute approximate surface area is 84.2 Å². The van der Waals surface area contributed by atoms with Crippen molar-refractivity contribution in [2.45, 2.75) is 25.4 Å². The van der Waals surface area contributed by atoms with Gasteiger partial charge in [-0.3, -0.25) is 0 Å². The molecule has 2 nitrogen and oxygen atoms in total. The van der Waals surface area contributed by atoms with E-state index in [2.05, 4.69) is 18.7 Å². The van der Waals surface area contributed by atoms with Gasteiger partial charge >= 0.3 is 0 Å². The highest BCUT2D eigenvalue weighted by Gasteiger charge is 2.13. The van der Waals surface area contributed by atoms with Crippen LogP contribution in [0, 0.1) is 0 Å². The molecule has 0 heterocycles. The summed E-state index contributed by atoms with van der Waals surface area (Å²) in [5.41, 5.74) is 0. The van der Waals surface area contributed by atoms with Crippen molar-refractivity contribution < 1.29 is 9.47 Å². The van der Waals surface area contributed by atoms with Gasteiger partial charge in [0, 0.05) is 19.3 Å². The number of hydrogen-bond acceptors (Lipinski definition) is 2. The normalized spacial score (nSPS) is 19.9. The van der Waals surface area contributed by atoms with E-state index >= 15 is 0 Å². The molecule has 0 fully saturated rings. The smallest absolute Gasteiger partial charge is 0.277 e. The van der Waals surface area contributed by atoms with Crippen LogP contribution in [0.5, 0.6) is 0 Å². The van der Waals surface area contributed by atoms with E-state index in [1.165, 1.54) is 0 Å². The van der Waals surface area contributed by atoms with Crippen LogP contribution in [0.15, 0.2) is 48.7 Å². The van der Waals surface area contributed by atoms with Gasteiger partial charge in [0.15, 0.2) is 0 Å². The molecule has 0 N–H and O–H groups in total. The van der Waals surface area contributed by atoms with E-state index in [1.54, 1.807) is 0 Å². The maximum Gasteiger partial charge on any atom is 0.277 e. The first kappa shape index (κ1) is 9.13. The number of allylic oxidation sites excluding steroid dienone is 3. The van der Waals surface area contributed by atoms with Gasteiger partial charge in [0.25, 0.3) is 5.95 Å². The zero-order valence-corrected chi connectivity index (χ0v) is 8.11. The fraction of sp³-hybridized carbons (Fsp3) is 0.333. The second-order valence-corrected chi connectivity index (χ2v) is 3.42. The summed E-state index contributed by atoms with van der Waals surface area (Å²) in [5.74, 6) is 1.31. The highest BCUT2D eigenvalue weighted by atomic mass is 16.7. The zero-order valence-electron chi connectivity index (χ0n) is 8.11. The molecule has 0 saturated carbocycles. The summed E-state index contributed by atoms with van der Waals surface area (Å²) < 4.78 is 11.0. The standard InChI is InChI=1S/C12H14O2/c1-10(13-11-6-2-3-7-11)14-12-8-4-5-9-12/h2-6,12H,1,7-9H2. The second kappa shape index (κ2) is 4.18. The van der Waals surface area contributed by atoms with Crippen molar-refractivity contribution >= 4 is 0 Å². The van der Waals surface area contributed by atoms with Crippen molar-refractivity contribution in [2.75, 3.05) is 0 Å². The van der Waals surface area contributed by atoms with Crippen LogP contribution in [-0.4, -0.2) is 6.10 Å². The molecule has 0 bridgehead atoms. The van der Waals surface area contributed by atoms with Crippen molar-refractivity contribution in [2.24, 2.45) is 0 Å². The van der Waals surface area contributed by atoms with Crippen molar-refractivity contribution in [3.8, 4) is 0 Å². The molecular weight excluding hydrogens is 176 g/mol. The molecule has 74 valence electrons. The third kappa shape index (κ3) is 2.28. The third-order valence-corrected chi connectivity index (χ3v) is 2.24. The highest BCUT2D eigenvalue weighted by molar-refractivity contribution is 5.19. The molecule has 0 spiro atoms. The van der Waals surface area contributed by atoms with Crippen LogP contribution in [-0.2, 0) is 9.47 Å². The van der Waals surface area contributed by atoms with Gasteiger partial charge in [-0.15, -0.1) is 0 Å². The molecule has 0 aliphatic heterocycles. The quantitative estimate of drug-likeness (QED) is 0.501. The van der Waals surface area contributed by atoms with E-state index in [0.29, 0.717) is 5.95 Å². The summed E-state index contributed by atoms with van der Waals surface area (Å²) in [6, 6.07) is 0. The highest BCUT2D eigenvalue weighted by Crippen LogP contribution is 2.20. The van der Waals surface area contributed by atoms with Gasteiger partial charge in [-0.05, 0) is 12.7 Å². The van der Waals surface area contributed by atoms with Crippen LogP contribution in [0.4, 0.5) is 0 Å². The van der Waals surface area contributed by atoms with E-state index in [-0.39, 0.29) is 6.10 Å². The van der Waals surface area contributed by atoms with Gasteiger partial charge in [0.2, 0.25) is 0 Å². The Morgan fingerprint density at radius 1 is 1.29 bits per heavy atom. The maximum atomic E-state index is 5.53. The van der Waals surface area contributed by atoms with E-state index < -0.39 is 0 Å². The molecule has 0 aromatic heterocycles. The lowest BCUT2D eigenvalue weighted by Crippen LogP contribution is -2.08. The zero-order chi connectivity index (χ0) is 9.80. The lowest BCUT2D eigenvalue weighted by molar-refractivity contribution is 0.0234. The van der Waals surface area contributed by atoms with Gasteiger partial charge < -0.3 is 9.47 Å². The van der Waals surface area contributed by atoms with Crippen LogP contribution >= 0.6 is 0 Å². The minimum Gasteiger partial charge on any atom is -0.462 e. The number of ether oxygens (including phenoxy) is 2. The van der Waals surface area contributed by atoms with Gasteiger partial charge in [-0.2, -0.15) is 0 Å². The topological polar surface area (TPSA) is 18.5 Å². The SMILES string of the molecule is C=C(OC1=CC=CC1)OC1CC=CC1. The van der Waals surface area contributed by atoms with Crippen molar-refractivity contribution in [3.63, 3.8) is 0 Å². The molecule has 2 aliphatic rings. The summed E-state index contributed by atoms with van der Waals surface area (Å²) in [4.78, 5) is 0. The fourth-order valence-electron chi connectivity index (χ4n) is 1.55. The first-order valence-electron chi connectivity index (χ1n) is 4.89. The Hall–Kier alpha value is -1.44. The molecule has 0 radical (unpaired) electrons. The average Bonchev–Trinajstić information content (AvgIpc) is 2.76. The Morgan fingerprint density at radius 2 is 2.07 bits per heavy atom. The molecule has 0 saturated heterocycles. The maximum absolute atomic E-state index is 5.53. The minimum absolute atomic E-state index is 0.220. The van der Waals surface area contributed by atoms with E-state index in [9.17, 15) is 0 Å². The monoisotopic (exact) mass is 190 g/mol. The minimum atomic E-state index is 0.220. The van der Waals surface area contributed by atoms with Crippen molar-refractivity contribution in [3.05, 3.63) is 48.7 Å². The Balaban J connectivity index is 1.73. The Kier molecular flexibility index (Phi) is 2.73. The Morgan fingerprint density at radius 3 is 2.71 bits per heavy atom. The molecular formula is C12H14O2.